The van der Waals surface area contributed by atoms with Crippen LogP contribution in [0.1, 0.15) is 95.5 Å². The molecular formula is C46H59N3O7S. The smallest absolute Gasteiger partial charge is 0.231 e. The number of nitrogens with one attached hydrogen (secondary N) is 1. The first kappa shape index (κ1) is 42.4. The first-order chi connectivity index (χ1) is 27.4. The van der Waals surface area contributed by atoms with Crippen LogP contribution in [0, 0.1) is 24.7 Å². The molecule has 10 nitrogen and oxygen atoms in total. The van der Waals surface area contributed by atoms with Gasteiger partial charge in [-0.2, -0.15) is 0 Å². The molecule has 0 saturated heterocycles. The number of oxime groups is 1. The zero-order valence-electron chi connectivity index (χ0n) is 34.0. The quantitative estimate of drug-likeness (QED) is 0.0655. The van der Waals surface area contributed by atoms with Crippen LogP contribution in [-0.2, 0) is 21.0 Å². The van der Waals surface area contributed by atoms with E-state index in [1.165, 1.54) is 6.92 Å². The average molecular weight is 798 g/mol. The maximum atomic E-state index is 11.8. The molecule has 0 radical (unpaired) electrons. The van der Waals surface area contributed by atoms with E-state index in [9.17, 15) is 15.0 Å². The Bertz CT molecular complexity index is 1910. The predicted octanol–water partition coefficient (Wildman–Crippen LogP) is 9.15. The highest BCUT2D eigenvalue weighted by atomic mass is 32.2. The second kappa shape index (κ2) is 19.1. The maximum absolute atomic E-state index is 11.8. The van der Waals surface area contributed by atoms with Crippen molar-refractivity contribution in [1.29, 1.82) is 0 Å². The first-order valence-corrected chi connectivity index (χ1v) is 21.2. The predicted molar refractivity (Wildman–Crippen MR) is 226 cm³/mol. The van der Waals surface area contributed by atoms with Crippen LogP contribution in [0.4, 0.5) is 5.69 Å². The molecule has 3 aromatic rings. The van der Waals surface area contributed by atoms with E-state index in [-0.39, 0.29) is 54.6 Å². The van der Waals surface area contributed by atoms with Crippen LogP contribution < -0.4 is 14.8 Å². The monoisotopic (exact) mass is 797 g/mol. The van der Waals surface area contributed by atoms with Crippen LogP contribution in [0.5, 0.6) is 11.5 Å². The number of thioether (sulfide) groups is 1. The number of carbonyl (C=O) groups is 1. The second-order valence-corrected chi connectivity index (χ2v) is 17.6. The molecule has 1 aliphatic heterocycles. The summed E-state index contributed by atoms with van der Waals surface area (Å²) >= 11 is 1.67. The number of hydrogen-bond donors (Lipinski definition) is 3. The van der Waals surface area contributed by atoms with Crippen LogP contribution in [0.25, 0.3) is 0 Å². The third kappa shape index (κ3) is 10.3. The topological polar surface area (TPSA) is 132 Å². The third-order valence-corrected chi connectivity index (χ3v) is 12.2. The number of ether oxygens (including phenoxy) is 3. The van der Waals surface area contributed by atoms with Crippen LogP contribution in [0.3, 0.4) is 0 Å². The van der Waals surface area contributed by atoms with Gasteiger partial charge in [-0.1, -0.05) is 36.2 Å². The molecule has 6 atom stereocenters. The minimum Gasteiger partial charge on any atom is -0.487 e. The molecule has 2 heterocycles. The van der Waals surface area contributed by atoms with Gasteiger partial charge in [-0.3, -0.25) is 9.78 Å². The Hall–Kier alpha value is -4.16. The van der Waals surface area contributed by atoms with Crippen molar-refractivity contribution in [1.82, 2.24) is 4.98 Å². The average Bonchev–Trinajstić information content (AvgIpc) is 3.17. The number of fused-ring (bicyclic) bond motifs is 2. The van der Waals surface area contributed by atoms with Crippen molar-refractivity contribution in [2.45, 2.75) is 114 Å². The van der Waals surface area contributed by atoms with Crippen molar-refractivity contribution in [3.8, 4) is 11.5 Å². The van der Waals surface area contributed by atoms with Crippen LogP contribution in [0.2, 0.25) is 0 Å². The Morgan fingerprint density at radius 2 is 1.82 bits per heavy atom. The van der Waals surface area contributed by atoms with Crippen LogP contribution in [0.15, 0.2) is 95.0 Å². The van der Waals surface area contributed by atoms with Gasteiger partial charge in [-0.05, 0) is 125 Å². The van der Waals surface area contributed by atoms with Gasteiger partial charge in [0, 0.05) is 54.3 Å². The Morgan fingerprint density at radius 1 is 1.07 bits per heavy atom. The number of aliphatic hydroxyl groups is 2. The van der Waals surface area contributed by atoms with Gasteiger partial charge in [0.1, 0.15) is 23.7 Å². The van der Waals surface area contributed by atoms with Crippen molar-refractivity contribution < 1.29 is 34.1 Å². The molecular weight excluding hydrogens is 739 g/mol. The number of aromatic nitrogens is 1. The summed E-state index contributed by atoms with van der Waals surface area (Å²) in [4.78, 5) is 23.7. The summed E-state index contributed by atoms with van der Waals surface area (Å²) in [5, 5.41) is 27.3. The molecule has 11 heteroatoms. The molecule has 3 aliphatic rings. The summed E-state index contributed by atoms with van der Waals surface area (Å²) in [7, 11) is 0. The number of benzene rings is 2. The minimum atomic E-state index is -1.13. The molecule has 2 aliphatic carbocycles. The number of rotatable bonds is 18. The van der Waals surface area contributed by atoms with Gasteiger partial charge in [0.05, 0.1) is 29.2 Å². The molecule has 2 aromatic carbocycles. The lowest BCUT2D eigenvalue weighted by Gasteiger charge is -2.58. The fraction of sp³-hybridized carbons (Fsp3) is 0.500. The Labute approximate surface area is 342 Å². The largest absolute Gasteiger partial charge is 0.487 e. The zero-order chi connectivity index (χ0) is 40.6. The van der Waals surface area contributed by atoms with Crippen LogP contribution in [-0.4, -0.2) is 63.3 Å². The van der Waals surface area contributed by atoms with Crippen molar-refractivity contribution in [2.24, 2.45) is 22.9 Å². The van der Waals surface area contributed by atoms with Gasteiger partial charge in [0.2, 0.25) is 11.7 Å². The highest BCUT2D eigenvalue weighted by Gasteiger charge is 2.64. The molecule has 6 rings (SSSR count). The third-order valence-electron chi connectivity index (χ3n) is 10.8. The number of nitrogens with zero attached hydrogens (tertiary/aromatic N) is 2. The first-order valence-electron chi connectivity index (χ1n) is 20.3. The summed E-state index contributed by atoms with van der Waals surface area (Å²) in [5.41, 5.74) is 5.00. The van der Waals surface area contributed by atoms with Crippen molar-refractivity contribution >= 4 is 29.1 Å². The fourth-order valence-electron chi connectivity index (χ4n) is 8.53. The van der Waals surface area contributed by atoms with E-state index in [4.69, 9.17) is 24.2 Å². The standard InChI is InChI=1S/C46H59N3O7S/c1-7-25-54-46-42(57-36-20-17-33(18-21-36)48-31(3)52)28-40(49-56-45(4,5)6)38-26-32(14-8-10-23-50)37(16-9-11-24-51)43(44(38)46)39-27-35(19-22-41(39)55-46)53-29-34-15-12-13-30(2)47-34/h7,12-13,15,17-22,26-27,32,37,42-44,50-51H,1,8-11,14,16,23-25,28-29H2,2-6H3,(H,48,52). The van der Waals surface area contributed by atoms with Crippen LogP contribution >= 0.6 is 11.8 Å². The van der Waals surface area contributed by atoms with Crippen molar-refractivity contribution in [2.75, 3.05) is 25.1 Å². The van der Waals surface area contributed by atoms with Gasteiger partial charge in [-0.25, -0.2) is 0 Å². The number of pyridine rings is 1. The number of aliphatic hydroxyl groups excluding tert-OH is 2. The van der Waals surface area contributed by atoms with E-state index >= 15 is 0 Å². The van der Waals surface area contributed by atoms with E-state index in [1.807, 2.05) is 82.3 Å². The Morgan fingerprint density at radius 3 is 2.51 bits per heavy atom. The van der Waals surface area contributed by atoms with Gasteiger partial charge in [0.15, 0.2) is 0 Å². The van der Waals surface area contributed by atoms with E-state index in [1.54, 1.807) is 17.8 Å². The number of anilines is 1. The molecule has 6 unspecified atom stereocenters. The molecule has 1 amide bonds. The normalized spacial score (nSPS) is 24.4. The summed E-state index contributed by atoms with van der Waals surface area (Å²) < 4.78 is 20.8. The summed E-state index contributed by atoms with van der Waals surface area (Å²) in [6.45, 7) is 14.4. The highest BCUT2D eigenvalue weighted by molar-refractivity contribution is 8.00. The zero-order valence-corrected chi connectivity index (χ0v) is 34.9. The fourth-order valence-corrected chi connectivity index (χ4v) is 9.82. The maximum Gasteiger partial charge on any atom is 0.231 e. The number of amides is 1. The van der Waals surface area contributed by atoms with Gasteiger partial charge < -0.3 is 34.6 Å². The van der Waals surface area contributed by atoms with Gasteiger partial charge >= 0.3 is 0 Å². The summed E-state index contributed by atoms with van der Waals surface area (Å²) in [5.74, 6) is 0.216. The molecule has 306 valence electrons. The van der Waals surface area contributed by atoms with E-state index in [2.05, 4.69) is 29.0 Å². The lowest BCUT2D eigenvalue weighted by Crippen LogP contribution is -2.64. The summed E-state index contributed by atoms with van der Waals surface area (Å²) in [6.07, 6.45) is 9.65. The number of unbranched alkanes of at least 4 members (excludes halogenated alkanes) is 2. The van der Waals surface area contributed by atoms with Gasteiger partial charge in [-0.15, -0.1) is 18.3 Å². The Kier molecular flexibility index (Phi) is 14.2. The molecule has 3 N–H and O–H groups in total. The van der Waals surface area contributed by atoms with Crippen molar-refractivity contribution in [3.63, 3.8) is 0 Å². The SMILES string of the molecule is C=CCOC12Oc3ccc(OCc4cccc(C)n4)cc3C3C(CCCCO)C(CCCCO)C=C(C(=NOC(C)(C)C)CC1Sc1ccc(NC(C)=O)cc1)C32. The number of allylic oxidation sites excluding steroid dienone is 1. The molecule has 1 fully saturated rings. The molecule has 0 spiro atoms. The van der Waals surface area contributed by atoms with E-state index in [0.29, 0.717) is 19.4 Å². The number of hydrogen-bond acceptors (Lipinski definition) is 10. The molecule has 1 aromatic heterocycles. The molecule has 0 bridgehead atoms. The summed E-state index contributed by atoms with van der Waals surface area (Å²) in [6, 6.07) is 19.9. The highest BCUT2D eigenvalue weighted by Crippen LogP contribution is 2.63. The van der Waals surface area contributed by atoms with E-state index < -0.39 is 11.4 Å². The molecule has 57 heavy (non-hydrogen) atoms. The van der Waals surface area contributed by atoms with Crippen molar-refractivity contribution in [3.05, 3.63) is 102 Å². The van der Waals surface area contributed by atoms with E-state index in [0.717, 1.165) is 82.4 Å². The lowest BCUT2D eigenvalue weighted by atomic mass is 9.56. The molecule has 1 saturated carbocycles. The number of carbonyl (C=O) groups excluding carboxylic acids is 1. The van der Waals surface area contributed by atoms with Gasteiger partial charge in [0.25, 0.3) is 0 Å². The lowest BCUT2D eigenvalue weighted by molar-refractivity contribution is -0.223. The minimum absolute atomic E-state index is 0.0672. The Balaban J connectivity index is 1.52. The number of aryl methyl sites for hydroxylation is 1. The second-order valence-electron chi connectivity index (χ2n) is 16.3.